The number of hydrogen-bond donors (Lipinski definition) is 3. The summed E-state index contributed by atoms with van der Waals surface area (Å²) in [4.78, 5) is 32.0. The molecule has 3 aromatic rings. The number of hydrogen-bond acceptors (Lipinski definition) is 7. The van der Waals surface area contributed by atoms with Crippen molar-refractivity contribution in [3.63, 3.8) is 0 Å². The molecule has 0 aromatic carbocycles. The van der Waals surface area contributed by atoms with E-state index in [1.54, 1.807) is 18.3 Å². The third kappa shape index (κ3) is 4.44. The maximum absolute atomic E-state index is 14.5. The van der Waals surface area contributed by atoms with Crippen molar-refractivity contribution in [2.75, 3.05) is 36.4 Å². The van der Waals surface area contributed by atoms with Crippen molar-refractivity contribution in [2.45, 2.75) is 18.8 Å². The van der Waals surface area contributed by atoms with Crippen LogP contribution in [0.2, 0.25) is 0 Å². The average Bonchev–Trinajstić information content (AvgIpc) is 3.75. The van der Waals surface area contributed by atoms with Gasteiger partial charge in [0.2, 0.25) is 0 Å². The second-order valence-electron chi connectivity index (χ2n) is 8.98. The molecule has 6 rings (SSSR count). The second kappa shape index (κ2) is 9.35. The number of halogens is 2. The molecule has 0 radical (unpaired) electrons. The van der Waals surface area contributed by atoms with E-state index >= 15 is 0 Å². The Labute approximate surface area is 211 Å². The minimum absolute atomic E-state index is 0.179. The normalized spacial score (nSPS) is 17.9. The number of fused-ring (bicyclic) bond motifs is 1. The van der Waals surface area contributed by atoms with Crippen molar-refractivity contribution in [1.29, 1.82) is 0 Å². The minimum atomic E-state index is -0.532. The quantitative estimate of drug-likeness (QED) is 0.451. The largest absolute Gasteiger partial charge is 0.353 e. The molecule has 3 aliphatic rings. The summed E-state index contributed by atoms with van der Waals surface area (Å²) in [6, 6.07) is 3.51. The molecule has 2 fully saturated rings. The highest BCUT2D eigenvalue weighted by Gasteiger charge is 2.30. The summed E-state index contributed by atoms with van der Waals surface area (Å²) in [5, 5.41) is 7.42. The van der Waals surface area contributed by atoms with Crippen LogP contribution in [0.25, 0.3) is 22.3 Å². The van der Waals surface area contributed by atoms with Crippen molar-refractivity contribution in [1.82, 2.24) is 25.3 Å². The minimum Gasteiger partial charge on any atom is -0.353 e. The van der Waals surface area contributed by atoms with Crippen molar-refractivity contribution < 1.29 is 4.39 Å². The molecule has 1 aliphatic heterocycles. The Morgan fingerprint density at radius 2 is 2.03 bits per heavy atom. The van der Waals surface area contributed by atoms with E-state index in [9.17, 15) is 9.18 Å². The van der Waals surface area contributed by atoms with Crippen molar-refractivity contribution in [2.24, 2.45) is 0 Å². The van der Waals surface area contributed by atoms with Gasteiger partial charge in [0.1, 0.15) is 23.0 Å². The maximum Gasteiger partial charge on any atom is 0.274 e. The molecule has 36 heavy (non-hydrogen) atoms. The molecule has 182 valence electrons. The van der Waals surface area contributed by atoms with Gasteiger partial charge in [0, 0.05) is 50.2 Å². The summed E-state index contributed by atoms with van der Waals surface area (Å²) in [5.41, 5.74) is 4.90. The standard InChI is InChI=1S/C26H23ClFN7O/c27-17-2-1-3-20(19(28)13-17)32-21-12-16(6-7-30-21)24-33-23-22(18(15-4-5-15)14-31-26(23)36)25(34-24)35-10-8-29-9-11-35/h2-3,6-7,12-15,29H,4-5,8-11H2,(H,30,32)(H,31,36). The van der Waals surface area contributed by atoms with Crippen LogP contribution in [0.5, 0.6) is 0 Å². The first kappa shape index (κ1) is 22.7. The zero-order valence-electron chi connectivity index (χ0n) is 19.3. The Bertz CT molecular complexity index is 1540. The molecule has 3 N–H and O–H groups in total. The Balaban J connectivity index is 1.46. The number of aromatic amines is 1. The summed E-state index contributed by atoms with van der Waals surface area (Å²) in [5.74, 6) is 1.48. The maximum atomic E-state index is 14.5. The molecule has 2 aliphatic carbocycles. The van der Waals surface area contributed by atoms with Gasteiger partial charge in [-0.05, 0) is 48.6 Å². The fraction of sp³-hybridized carbons (Fsp3) is 0.269. The van der Waals surface area contributed by atoms with Gasteiger partial charge in [0.15, 0.2) is 5.82 Å². The Morgan fingerprint density at radius 3 is 2.83 bits per heavy atom. The number of H-pyrrole nitrogens is 1. The van der Waals surface area contributed by atoms with E-state index in [-0.39, 0.29) is 16.3 Å². The van der Waals surface area contributed by atoms with Crippen LogP contribution < -0.4 is 21.1 Å². The number of allylic oxidation sites excluding steroid dienone is 4. The lowest BCUT2D eigenvalue weighted by Crippen LogP contribution is -2.44. The third-order valence-electron chi connectivity index (χ3n) is 6.44. The molecule has 4 heterocycles. The van der Waals surface area contributed by atoms with Crippen molar-refractivity contribution in [3.05, 3.63) is 81.0 Å². The molecule has 10 heteroatoms. The number of nitrogens with one attached hydrogen (secondary N) is 3. The summed E-state index contributed by atoms with van der Waals surface area (Å²) < 4.78 is 14.5. The van der Waals surface area contributed by atoms with Crippen LogP contribution in [0.1, 0.15) is 24.3 Å². The first-order valence-electron chi connectivity index (χ1n) is 11.9. The number of aromatic nitrogens is 4. The van der Waals surface area contributed by atoms with Gasteiger partial charge in [0.05, 0.1) is 16.1 Å². The van der Waals surface area contributed by atoms with Crippen LogP contribution >= 0.6 is 11.6 Å². The SMILES string of the molecule is O=c1[nH]cc(C2CC2)c2c(N3CCNCC3)nc(-c3ccnc(NC4=C(F)C=C(Cl)C=C=C4)c3)nc12. The van der Waals surface area contributed by atoms with E-state index in [4.69, 9.17) is 21.6 Å². The molecule has 0 spiro atoms. The lowest BCUT2D eigenvalue weighted by molar-refractivity contribution is 0.586. The predicted molar refractivity (Wildman–Crippen MR) is 139 cm³/mol. The molecular formula is C26H23ClFN7O. The fourth-order valence-electron chi connectivity index (χ4n) is 4.50. The van der Waals surface area contributed by atoms with E-state index < -0.39 is 5.83 Å². The van der Waals surface area contributed by atoms with Gasteiger partial charge in [-0.2, -0.15) is 0 Å². The monoisotopic (exact) mass is 503 g/mol. The predicted octanol–water partition coefficient (Wildman–Crippen LogP) is 4.11. The highest BCUT2D eigenvalue weighted by Crippen LogP contribution is 2.44. The lowest BCUT2D eigenvalue weighted by Gasteiger charge is -2.30. The van der Waals surface area contributed by atoms with Gasteiger partial charge in [-0.3, -0.25) is 4.79 Å². The molecule has 0 bridgehead atoms. The number of piperazine rings is 1. The van der Waals surface area contributed by atoms with Gasteiger partial charge in [-0.15, -0.1) is 5.73 Å². The fourth-order valence-corrected chi connectivity index (χ4v) is 4.66. The Kier molecular flexibility index (Phi) is 5.89. The highest BCUT2D eigenvalue weighted by atomic mass is 35.5. The molecule has 0 unspecified atom stereocenters. The van der Waals surface area contributed by atoms with Gasteiger partial charge >= 0.3 is 0 Å². The van der Waals surface area contributed by atoms with Crippen LogP contribution in [0, 0.1) is 0 Å². The second-order valence-corrected chi connectivity index (χ2v) is 9.42. The smallest absolute Gasteiger partial charge is 0.274 e. The van der Waals surface area contributed by atoms with E-state index in [1.165, 1.54) is 18.2 Å². The lowest BCUT2D eigenvalue weighted by atomic mass is 10.1. The number of anilines is 2. The summed E-state index contributed by atoms with van der Waals surface area (Å²) in [6.07, 6.45) is 9.76. The van der Waals surface area contributed by atoms with Crippen LogP contribution in [0.4, 0.5) is 16.0 Å². The Morgan fingerprint density at radius 1 is 1.19 bits per heavy atom. The third-order valence-corrected chi connectivity index (χ3v) is 6.66. The molecule has 1 saturated carbocycles. The number of nitrogens with zero attached hydrogens (tertiary/aromatic N) is 4. The number of rotatable bonds is 5. The highest BCUT2D eigenvalue weighted by molar-refractivity contribution is 6.31. The molecule has 1 saturated heterocycles. The molecule has 8 nitrogen and oxygen atoms in total. The van der Waals surface area contributed by atoms with Crippen molar-refractivity contribution in [3.8, 4) is 11.4 Å². The zero-order valence-corrected chi connectivity index (χ0v) is 20.1. The van der Waals surface area contributed by atoms with E-state index in [0.717, 1.165) is 55.8 Å². The van der Waals surface area contributed by atoms with Gasteiger partial charge < -0.3 is 20.5 Å². The summed E-state index contributed by atoms with van der Waals surface area (Å²) in [6.45, 7) is 3.25. The van der Waals surface area contributed by atoms with Crippen LogP contribution in [0.3, 0.4) is 0 Å². The van der Waals surface area contributed by atoms with Crippen molar-refractivity contribution >= 4 is 34.1 Å². The first-order valence-corrected chi connectivity index (χ1v) is 12.3. The Hall–Kier alpha value is -3.78. The van der Waals surface area contributed by atoms with Gasteiger partial charge in [0.25, 0.3) is 5.56 Å². The van der Waals surface area contributed by atoms with E-state index in [1.807, 2.05) is 6.20 Å². The molecule has 0 atom stereocenters. The topological polar surface area (TPSA) is 98.8 Å². The van der Waals surface area contributed by atoms with Crippen LogP contribution in [-0.2, 0) is 0 Å². The molecule has 3 aromatic heterocycles. The summed E-state index contributed by atoms with van der Waals surface area (Å²) >= 11 is 5.92. The van der Waals surface area contributed by atoms with Crippen LogP contribution in [-0.4, -0.2) is 46.1 Å². The van der Waals surface area contributed by atoms with Crippen LogP contribution in [0.15, 0.2) is 69.8 Å². The zero-order chi connectivity index (χ0) is 24.6. The van der Waals surface area contributed by atoms with Gasteiger partial charge in [-0.25, -0.2) is 19.3 Å². The number of pyridine rings is 2. The molecule has 0 amide bonds. The van der Waals surface area contributed by atoms with E-state index in [2.05, 4.69) is 31.2 Å². The summed E-state index contributed by atoms with van der Waals surface area (Å²) in [7, 11) is 0. The average molecular weight is 504 g/mol. The molecular weight excluding hydrogens is 481 g/mol. The van der Waals surface area contributed by atoms with E-state index in [0.29, 0.717) is 28.6 Å². The first-order chi connectivity index (χ1) is 17.6. The van der Waals surface area contributed by atoms with Gasteiger partial charge in [-0.1, -0.05) is 11.6 Å².